The lowest BCUT2D eigenvalue weighted by Gasteiger charge is -2.34. The maximum absolute atomic E-state index is 12.3. The Hall–Kier alpha value is -2.66. The lowest BCUT2D eigenvalue weighted by atomic mass is 9.71. The van der Waals surface area contributed by atoms with Crippen molar-refractivity contribution in [1.82, 2.24) is 5.06 Å². The van der Waals surface area contributed by atoms with E-state index in [4.69, 9.17) is 16.4 Å². The molecule has 0 atom stereocenters. The van der Waals surface area contributed by atoms with E-state index in [1.165, 1.54) is 0 Å². The van der Waals surface area contributed by atoms with Crippen molar-refractivity contribution in [1.29, 1.82) is 0 Å². The van der Waals surface area contributed by atoms with Gasteiger partial charge >= 0.3 is 5.97 Å². The molecule has 6 heteroatoms. The first-order chi connectivity index (χ1) is 12.0. The van der Waals surface area contributed by atoms with Crippen LogP contribution in [0.3, 0.4) is 0 Å². The van der Waals surface area contributed by atoms with Crippen molar-refractivity contribution in [3.8, 4) is 0 Å². The molecule has 0 spiro atoms. The van der Waals surface area contributed by atoms with Crippen molar-refractivity contribution in [3.63, 3.8) is 0 Å². The Labute approximate surface area is 149 Å². The molecule has 1 saturated carbocycles. The lowest BCUT2D eigenvalue weighted by Crippen LogP contribution is -2.38. The van der Waals surface area contributed by atoms with Gasteiger partial charge in [-0.05, 0) is 48.6 Å². The molecule has 1 aliphatic carbocycles. The highest BCUT2D eigenvalue weighted by Crippen LogP contribution is 2.42. The fourth-order valence-corrected chi connectivity index (χ4v) is 3.36. The maximum Gasteiger partial charge on any atom is 0.336 e. The highest BCUT2D eigenvalue weighted by Gasteiger charge is 2.42. The van der Waals surface area contributed by atoms with E-state index in [9.17, 15) is 14.4 Å². The topological polar surface area (TPSA) is 63.7 Å². The Morgan fingerprint density at radius 3 is 2.08 bits per heavy atom. The third kappa shape index (κ3) is 2.70. The molecule has 2 aliphatic rings. The molecule has 1 fully saturated rings. The zero-order chi connectivity index (χ0) is 17.6. The first-order valence-electron chi connectivity index (χ1n) is 7.99. The van der Waals surface area contributed by atoms with Crippen LogP contribution in [0.1, 0.15) is 45.0 Å². The number of rotatable bonds is 3. The van der Waals surface area contributed by atoms with Crippen molar-refractivity contribution in [2.75, 3.05) is 0 Å². The monoisotopic (exact) mass is 355 g/mol. The van der Waals surface area contributed by atoms with E-state index >= 15 is 0 Å². The van der Waals surface area contributed by atoms with Gasteiger partial charge in [-0.2, -0.15) is 0 Å². The smallest absolute Gasteiger partial charge is 0.329 e. The zero-order valence-corrected chi connectivity index (χ0v) is 13.9. The first kappa shape index (κ1) is 15.8. The van der Waals surface area contributed by atoms with Crippen molar-refractivity contribution in [3.05, 3.63) is 70.2 Å². The minimum atomic E-state index is -0.595. The highest BCUT2D eigenvalue weighted by atomic mass is 35.5. The minimum absolute atomic E-state index is 0.257. The number of benzene rings is 2. The number of halogens is 1. The van der Waals surface area contributed by atoms with Crippen LogP contribution in [0.5, 0.6) is 0 Å². The predicted octanol–water partition coefficient (Wildman–Crippen LogP) is 3.59. The molecule has 0 unspecified atom stereocenters. The molecule has 1 heterocycles. The largest absolute Gasteiger partial charge is 0.336 e. The minimum Gasteiger partial charge on any atom is -0.329 e. The van der Waals surface area contributed by atoms with Gasteiger partial charge < -0.3 is 4.84 Å². The van der Waals surface area contributed by atoms with E-state index in [1.807, 2.05) is 24.3 Å². The fourth-order valence-electron chi connectivity index (χ4n) is 3.23. The van der Waals surface area contributed by atoms with Crippen LogP contribution in [0.25, 0.3) is 0 Å². The maximum atomic E-state index is 12.3. The van der Waals surface area contributed by atoms with Crippen molar-refractivity contribution in [2.45, 2.75) is 18.8 Å². The van der Waals surface area contributed by atoms with Crippen LogP contribution in [0, 0.1) is 5.92 Å². The van der Waals surface area contributed by atoms with Gasteiger partial charge in [0.2, 0.25) is 0 Å². The van der Waals surface area contributed by atoms with Crippen LogP contribution in [-0.4, -0.2) is 22.8 Å². The molecule has 0 aromatic heterocycles. The summed E-state index contributed by atoms with van der Waals surface area (Å²) in [6, 6.07) is 13.9. The summed E-state index contributed by atoms with van der Waals surface area (Å²) >= 11 is 5.87. The second-order valence-electron chi connectivity index (χ2n) is 6.28. The fraction of sp³-hybridized carbons (Fsp3) is 0.211. The van der Waals surface area contributed by atoms with Crippen LogP contribution >= 0.6 is 11.6 Å². The van der Waals surface area contributed by atoms with Gasteiger partial charge in [-0.1, -0.05) is 40.9 Å². The quantitative estimate of drug-likeness (QED) is 0.789. The van der Waals surface area contributed by atoms with E-state index < -0.39 is 17.8 Å². The second kappa shape index (κ2) is 6.01. The molecule has 126 valence electrons. The third-order valence-electron chi connectivity index (χ3n) is 4.75. The normalized spacial score (nSPS) is 21.7. The van der Waals surface area contributed by atoms with Gasteiger partial charge in [0.1, 0.15) is 0 Å². The van der Waals surface area contributed by atoms with E-state index in [-0.39, 0.29) is 23.0 Å². The molecule has 1 aliphatic heterocycles. The predicted molar refractivity (Wildman–Crippen MR) is 90.0 cm³/mol. The van der Waals surface area contributed by atoms with Crippen LogP contribution in [0.4, 0.5) is 0 Å². The van der Waals surface area contributed by atoms with Crippen LogP contribution in [0.15, 0.2) is 48.5 Å². The van der Waals surface area contributed by atoms with E-state index in [0.29, 0.717) is 22.9 Å². The number of hydrogen-bond acceptors (Lipinski definition) is 4. The van der Waals surface area contributed by atoms with Gasteiger partial charge in [0, 0.05) is 5.02 Å². The molecular weight excluding hydrogens is 342 g/mol. The molecule has 5 nitrogen and oxygen atoms in total. The summed E-state index contributed by atoms with van der Waals surface area (Å²) in [6.45, 7) is 0. The van der Waals surface area contributed by atoms with Gasteiger partial charge in [0.05, 0.1) is 17.0 Å². The first-order valence-corrected chi connectivity index (χ1v) is 8.37. The van der Waals surface area contributed by atoms with Crippen LogP contribution in [0.2, 0.25) is 5.02 Å². The molecular formula is C19H14ClNO4. The number of fused-ring (bicyclic) bond motifs is 1. The number of hydroxylamine groups is 2. The molecule has 2 aromatic carbocycles. The van der Waals surface area contributed by atoms with Gasteiger partial charge in [0.15, 0.2) is 0 Å². The van der Waals surface area contributed by atoms with Crippen molar-refractivity contribution in [2.24, 2.45) is 5.92 Å². The molecule has 2 amide bonds. The van der Waals surface area contributed by atoms with Gasteiger partial charge in [-0.15, -0.1) is 0 Å². The lowest BCUT2D eigenvalue weighted by molar-refractivity contribution is -0.177. The molecule has 0 bridgehead atoms. The van der Waals surface area contributed by atoms with E-state index in [1.54, 1.807) is 24.3 Å². The summed E-state index contributed by atoms with van der Waals surface area (Å²) in [4.78, 5) is 41.8. The second-order valence-corrected chi connectivity index (χ2v) is 6.71. The Balaban J connectivity index is 1.39. The molecule has 2 aromatic rings. The number of hydrogen-bond donors (Lipinski definition) is 0. The number of carbonyl (C=O) groups excluding carboxylic acids is 3. The zero-order valence-electron chi connectivity index (χ0n) is 13.1. The number of amides is 2. The summed E-state index contributed by atoms with van der Waals surface area (Å²) in [5, 5.41) is 1.24. The van der Waals surface area contributed by atoms with Crippen LogP contribution in [-0.2, 0) is 9.63 Å². The van der Waals surface area contributed by atoms with E-state index in [0.717, 1.165) is 5.56 Å². The molecule has 0 N–H and O–H groups in total. The Morgan fingerprint density at radius 2 is 1.52 bits per heavy atom. The SMILES string of the molecule is O=C(ON1C(=O)c2ccccc2C1=O)C1CC(c2ccc(Cl)cc2)C1. The highest BCUT2D eigenvalue weighted by molar-refractivity contribution is 6.30. The van der Waals surface area contributed by atoms with Gasteiger partial charge in [-0.3, -0.25) is 9.59 Å². The number of carbonyl (C=O) groups is 3. The van der Waals surface area contributed by atoms with Crippen molar-refractivity contribution < 1.29 is 19.2 Å². The molecule has 4 rings (SSSR count). The standard InChI is InChI=1S/C19H14ClNO4/c20-14-7-5-11(6-8-14)12-9-13(10-12)19(24)25-21-17(22)15-3-1-2-4-16(15)18(21)23/h1-8,12-13H,9-10H2. The molecule has 0 saturated heterocycles. The summed E-state index contributed by atoms with van der Waals surface area (Å²) in [5.41, 5.74) is 1.63. The van der Waals surface area contributed by atoms with Crippen molar-refractivity contribution >= 4 is 29.4 Å². The van der Waals surface area contributed by atoms with Crippen LogP contribution < -0.4 is 0 Å². The van der Waals surface area contributed by atoms with Gasteiger partial charge in [0.25, 0.3) is 11.8 Å². The molecule has 0 radical (unpaired) electrons. The average Bonchev–Trinajstić information content (AvgIpc) is 2.81. The van der Waals surface area contributed by atoms with E-state index in [2.05, 4.69) is 0 Å². The Bertz CT molecular complexity index is 836. The summed E-state index contributed by atoms with van der Waals surface area (Å²) in [6.07, 6.45) is 1.26. The summed E-state index contributed by atoms with van der Waals surface area (Å²) < 4.78 is 0. The Kier molecular flexibility index (Phi) is 3.81. The van der Waals surface area contributed by atoms with Gasteiger partial charge in [-0.25, -0.2) is 4.79 Å². The number of nitrogens with zero attached hydrogens (tertiary/aromatic N) is 1. The number of imide groups is 1. The third-order valence-corrected chi connectivity index (χ3v) is 5.00. The average molecular weight is 356 g/mol. The molecule has 25 heavy (non-hydrogen) atoms. The summed E-state index contributed by atoms with van der Waals surface area (Å²) in [7, 11) is 0. The summed E-state index contributed by atoms with van der Waals surface area (Å²) in [5.74, 6) is -1.79. The Morgan fingerprint density at radius 1 is 0.960 bits per heavy atom.